The Morgan fingerprint density at radius 2 is 2.20 bits per heavy atom. The molecule has 1 amide bonds. The van der Waals surface area contributed by atoms with Crippen LogP contribution in [0.5, 0.6) is 5.75 Å². The fourth-order valence-corrected chi connectivity index (χ4v) is 2.23. The summed E-state index contributed by atoms with van der Waals surface area (Å²) in [5.41, 5.74) is 1.29. The van der Waals surface area contributed by atoms with E-state index in [9.17, 15) is 9.90 Å². The van der Waals surface area contributed by atoms with Gasteiger partial charge in [0.25, 0.3) is 5.91 Å². The summed E-state index contributed by atoms with van der Waals surface area (Å²) in [5, 5.41) is 9.75. The molecule has 3 rings (SSSR count). The van der Waals surface area contributed by atoms with Crippen molar-refractivity contribution in [2.24, 2.45) is 0 Å². The predicted octanol–water partition coefficient (Wildman–Crippen LogP) is 3.10. The fourth-order valence-electron chi connectivity index (χ4n) is 2.23. The Hall–Kier alpha value is -2.23. The molecule has 0 radical (unpaired) electrons. The average molecular weight is 271 g/mol. The summed E-state index contributed by atoms with van der Waals surface area (Å²) in [4.78, 5) is 14.4. The van der Waals surface area contributed by atoms with Crippen LogP contribution in [0.3, 0.4) is 0 Å². The van der Waals surface area contributed by atoms with Gasteiger partial charge < -0.3 is 14.4 Å². The van der Waals surface area contributed by atoms with Crippen LogP contribution < -0.4 is 0 Å². The minimum Gasteiger partial charge on any atom is -0.508 e. The first kappa shape index (κ1) is 12.8. The molecular formula is C16H17NO3. The van der Waals surface area contributed by atoms with Crippen LogP contribution in [0.15, 0.2) is 41.0 Å². The van der Waals surface area contributed by atoms with Crippen LogP contribution in [0.4, 0.5) is 0 Å². The molecule has 1 aromatic heterocycles. The topological polar surface area (TPSA) is 53.7 Å². The number of carbonyl (C=O) groups is 1. The van der Waals surface area contributed by atoms with Crippen molar-refractivity contribution in [1.29, 1.82) is 0 Å². The van der Waals surface area contributed by atoms with E-state index in [0.29, 0.717) is 12.1 Å². The van der Waals surface area contributed by atoms with Gasteiger partial charge in [-0.05, 0) is 49.6 Å². The molecule has 4 heteroatoms. The first-order valence-electron chi connectivity index (χ1n) is 6.78. The van der Waals surface area contributed by atoms with Crippen LogP contribution in [0.1, 0.15) is 34.5 Å². The van der Waals surface area contributed by atoms with Crippen molar-refractivity contribution >= 4 is 5.91 Å². The van der Waals surface area contributed by atoms with Gasteiger partial charge in [0.15, 0.2) is 0 Å². The lowest BCUT2D eigenvalue weighted by Gasteiger charge is -2.21. The zero-order valence-electron chi connectivity index (χ0n) is 11.4. The van der Waals surface area contributed by atoms with E-state index in [-0.39, 0.29) is 17.7 Å². The van der Waals surface area contributed by atoms with Crippen LogP contribution >= 0.6 is 0 Å². The van der Waals surface area contributed by atoms with Crippen molar-refractivity contribution < 1.29 is 14.3 Å². The van der Waals surface area contributed by atoms with Gasteiger partial charge in [-0.15, -0.1) is 0 Å². The van der Waals surface area contributed by atoms with Crippen molar-refractivity contribution in [3.8, 4) is 5.75 Å². The number of carbonyl (C=O) groups excluding carboxylic acids is 1. The molecule has 1 fully saturated rings. The van der Waals surface area contributed by atoms with E-state index in [2.05, 4.69) is 0 Å². The molecule has 1 saturated carbocycles. The summed E-state index contributed by atoms with van der Waals surface area (Å²) in [6.07, 6.45) is 3.68. The Morgan fingerprint density at radius 3 is 2.80 bits per heavy atom. The summed E-state index contributed by atoms with van der Waals surface area (Å²) >= 11 is 0. The summed E-state index contributed by atoms with van der Waals surface area (Å²) in [6, 6.07) is 9.04. The smallest absolute Gasteiger partial charge is 0.254 e. The van der Waals surface area contributed by atoms with E-state index in [1.54, 1.807) is 18.4 Å². The van der Waals surface area contributed by atoms with Crippen LogP contribution in [-0.2, 0) is 6.54 Å². The van der Waals surface area contributed by atoms with Gasteiger partial charge in [0.05, 0.1) is 12.8 Å². The molecule has 20 heavy (non-hydrogen) atoms. The van der Waals surface area contributed by atoms with E-state index in [4.69, 9.17) is 4.42 Å². The van der Waals surface area contributed by atoms with Gasteiger partial charge in [-0.25, -0.2) is 0 Å². The van der Waals surface area contributed by atoms with Crippen LogP contribution in [-0.4, -0.2) is 22.0 Å². The Labute approximate surface area is 117 Å². The number of aromatic hydroxyl groups is 1. The summed E-state index contributed by atoms with van der Waals surface area (Å²) in [6.45, 7) is 2.29. The molecule has 1 N–H and O–H groups in total. The lowest BCUT2D eigenvalue weighted by molar-refractivity contribution is 0.0717. The van der Waals surface area contributed by atoms with Crippen molar-refractivity contribution in [3.63, 3.8) is 0 Å². The van der Waals surface area contributed by atoms with Crippen LogP contribution in [0, 0.1) is 6.92 Å². The molecule has 0 aliphatic heterocycles. The van der Waals surface area contributed by atoms with Crippen molar-refractivity contribution in [1.82, 2.24) is 4.90 Å². The molecule has 1 aliphatic rings. The number of hydrogen-bond acceptors (Lipinski definition) is 3. The number of amides is 1. The Kier molecular flexibility index (Phi) is 3.22. The highest BCUT2D eigenvalue weighted by Gasteiger charge is 2.33. The standard InChI is InChI=1S/C16H17NO3/c1-11-4-5-12(9-15(11)18)16(19)17(13-6-7-13)10-14-3-2-8-20-14/h2-5,8-9,13,18H,6-7,10H2,1H3. The zero-order chi connectivity index (χ0) is 14.1. The van der Waals surface area contributed by atoms with Gasteiger partial charge in [0.2, 0.25) is 0 Å². The molecular weight excluding hydrogens is 254 g/mol. The number of hydrogen-bond donors (Lipinski definition) is 1. The van der Waals surface area contributed by atoms with Gasteiger partial charge in [-0.3, -0.25) is 4.79 Å². The molecule has 2 aromatic rings. The van der Waals surface area contributed by atoms with E-state index in [1.807, 2.05) is 24.0 Å². The highest BCUT2D eigenvalue weighted by Crippen LogP contribution is 2.30. The number of phenolic OH excluding ortho intramolecular Hbond substituents is 1. The third-order valence-electron chi connectivity index (χ3n) is 3.61. The molecule has 1 aliphatic carbocycles. The quantitative estimate of drug-likeness (QED) is 0.929. The molecule has 104 valence electrons. The Balaban J connectivity index is 1.83. The molecule has 0 unspecified atom stereocenters. The molecule has 0 spiro atoms. The average Bonchev–Trinajstić information content (AvgIpc) is 3.15. The van der Waals surface area contributed by atoms with Crippen molar-refractivity contribution in [2.75, 3.05) is 0 Å². The van der Waals surface area contributed by atoms with E-state index < -0.39 is 0 Å². The number of aryl methyl sites for hydroxylation is 1. The second-order valence-corrected chi connectivity index (χ2v) is 5.24. The van der Waals surface area contributed by atoms with Crippen LogP contribution in [0.2, 0.25) is 0 Å². The molecule has 1 aromatic carbocycles. The number of furan rings is 1. The monoisotopic (exact) mass is 271 g/mol. The maximum atomic E-state index is 12.6. The summed E-state index contributed by atoms with van der Waals surface area (Å²) < 4.78 is 5.33. The number of phenols is 1. The van der Waals surface area contributed by atoms with Crippen molar-refractivity contribution in [3.05, 3.63) is 53.5 Å². The first-order chi connectivity index (χ1) is 9.65. The summed E-state index contributed by atoms with van der Waals surface area (Å²) in [7, 11) is 0. The third-order valence-corrected chi connectivity index (χ3v) is 3.61. The zero-order valence-corrected chi connectivity index (χ0v) is 11.4. The Bertz CT molecular complexity index is 615. The van der Waals surface area contributed by atoms with Gasteiger partial charge in [-0.1, -0.05) is 6.07 Å². The summed E-state index contributed by atoms with van der Waals surface area (Å²) in [5.74, 6) is 0.880. The van der Waals surface area contributed by atoms with E-state index >= 15 is 0 Å². The second-order valence-electron chi connectivity index (χ2n) is 5.24. The number of benzene rings is 1. The molecule has 4 nitrogen and oxygen atoms in total. The highest BCUT2D eigenvalue weighted by molar-refractivity contribution is 5.95. The maximum Gasteiger partial charge on any atom is 0.254 e. The van der Waals surface area contributed by atoms with Gasteiger partial charge in [-0.2, -0.15) is 0 Å². The second kappa shape index (κ2) is 5.04. The minimum absolute atomic E-state index is 0.0563. The lowest BCUT2D eigenvalue weighted by atomic mass is 10.1. The lowest BCUT2D eigenvalue weighted by Crippen LogP contribution is -2.32. The predicted molar refractivity (Wildman–Crippen MR) is 74.4 cm³/mol. The molecule has 1 heterocycles. The van der Waals surface area contributed by atoms with Gasteiger partial charge in [0.1, 0.15) is 11.5 Å². The SMILES string of the molecule is Cc1ccc(C(=O)N(Cc2ccco2)C2CC2)cc1O. The first-order valence-corrected chi connectivity index (χ1v) is 6.78. The Morgan fingerprint density at radius 1 is 1.40 bits per heavy atom. The fraction of sp³-hybridized carbons (Fsp3) is 0.312. The molecule has 0 atom stereocenters. The van der Waals surface area contributed by atoms with Gasteiger partial charge in [0, 0.05) is 11.6 Å². The number of nitrogens with zero attached hydrogens (tertiary/aromatic N) is 1. The number of rotatable bonds is 4. The minimum atomic E-state index is -0.0563. The molecule has 0 saturated heterocycles. The normalized spacial score (nSPS) is 14.2. The van der Waals surface area contributed by atoms with E-state index in [0.717, 1.165) is 24.2 Å². The van der Waals surface area contributed by atoms with Crippen LogP contribution in [0.25, 0.3) is 0 Å². The van der Waals surface area contributed by atoms with Gasteiger partial charge >= 0.3 is 0 Å². The van der Waals surface area contributed by atoms with Crippen molar-refractivity contribution in [2.45, 2.75) is 32.4 Å². The molecule has 0 bridgehead atoms. The largest absolute Gasteiger partial charge is 0.508 e. The van der Waals surface area contributed by atoms with E-state index in [1.165, 1.54) is 6.07 Å². The third kappa shape index (κ3) is 2.54. The highest BCUT2D eigenvalue weighted by atomic mass is 16.3. The maximum absolute atomic E-state index is 12.6.